The quantitative estimate of drug-likeness (QED) is 0.441. The van der Waals surface area contributed by atoms with E-state index in [-0.39, 0.29) is 36.8 Å². The molecule has 0 spiro atoms. The fourth-order valence-electron chi connectivity index (χ4n) is 4.42. The van der Waals surface area contributed by atoms with E-state index in [1.54, 1.807) is 29.2 Å². The molecule has 3 atom stereocenters. The molecular weight excluding hydrogens is 492 g/mol. The van der Waals surface area contributed by atoms with Crippen molar-refractivity contribution >= 4 is 24.5 Å². The maximum Gasteiger partial charge on any atom is 0.410 e. The molecule has 1 saturated heterocycles. The molecule has 7 nitrogen and oxygen atoms in total. The van der Waals surface area contributed by atoms with E-state index in [0.29, 0.717) is 36.7 Å². The first-order chi connectivity index (χ1) is 17.1. The molecule has 1 saturated carbocycles. The molecule has 0 aromatic heterocycles. The van der Waals surface area contributed by atoms with Crippen LogP contribution in [0.15, 0.2) is 48.5 Å². The Balaban J connectivity index is 0.00000380. The van der Waals surface area contributed by atoms with Gasteiger partial charge in [-0.2, -0.15) is 0 Å². The van der Waals surface area contributed by atoms with Gasteiger partial charge < -0.3 is 24.8 Å². The van der Waals surface area contributed by atoms with Crippen LogP contribution >= 0.6 is 12.4 Å². The summed E-state index contributed by atoms with van der Waals surface area (Å²) in [5.41, 5.74) is 8.51. The number of ether oxygens (including phenoxy) is 3. The summed E-state index contributed by atoms with van der Waals surface area (Å²) in [6.45, 7) is 8.36. The molecule has 0 bridgehead atoms. The van der Waals surface area contributed by atoms with Gasteiger partial charge in [-0.3, -0.25) is 0 Å². The largest absolute Gasteiger partial charge is 0.484 e. The third-order valence-electron chi connectivity index (χ3n) is 6.45. The number of hydrogen-bond acceptors (Lipinski definition) is 6. The summed E-state index contributed by atoms with van der Waals surface area (Å²) in [5, 5.41) is 0. The third kappa shape index (κ3) is 8.11. The second-order valence-corrected chi connectivity index (χ2v) is 11.0. The van der Waals surface area contributed by atoms with Crippen LogP contribution in [0.2, 0.25) is 0 Å². The van der Waals surface area contributed by atoms with Gasteiger partial charge in [0.2, 0.25) is 0 Å². The predicted molar refractivity (Wildman–Crippen MR) is 145 cm³/mol. The zero-order chi connectivity index (χ0) is 25.9. The van der Waals surface area contributed by atoms with Crippen LogP contribution < -0.4 is 10.5 Å². The number of benzene rings is 2. The van der Waals surface area contributed by atoms with Gasteiger partial charge >= 0.3 is 12.1 Å². The van der Waals surface area contributed by atoms with Gasteiger partial charge in [0, 0.05) is 12.6 Å². The van der Waals surface area contributed by atoms with Crippen LogP contribution in [-0.2, 0) is 9.47 Å². The first-order valence-electron chi connectivity index (χ1n) is 12.9. The average molecular weight is 531 g/mol. The number of nitrogens with two attached hydrogens (primary N) is 1. The maximum atomic E-state index is 12.8. The predicted octanol–water partition coefficient (Wildman–Crippen LogP) is 6.01. The number of likely N-dealkylation sites (tertiary alicyclic amines) is 1. The zero-order valence-corrected chi connectivity index (χ0v) is 23.0. The van der Waals surface area contributed by atoms with Crippen LogP contribution in [-0.4, -0.2) is 47.8 Å². The summed E-state index contributed by atoms with van der Waals surface area (Å²) in [7, 11) is 0. The Morgan fingerprint density at radius 3 is 2.22 bits per heavy atom. The van der Waals surface area contributed by atoms with Gasteiger partial charge in [0.1, 0.15) is 23.6 Å². The van der Waals surface area contributed by atoms with Crippen LogP contribution in [0.25, 0.3) is 0 Å². The van der Waals surface area contributed by atoms with E-state index in [1.807, 2.05) is 27.7 Å². The molecule has 4 rings (SSSR count). The Labute approximate surface area is 226 Å². The van der Waals surface area contributed by atoms with E-state index in [9.17, 15) is 9.59 Å². The lowest BCUT2D eigenvalue weighted by Crippen LogP contribution is -2.45. The molecule has 2 N–H and O–H groups in total. The smallest absolute Gasteiger partial charge is 0.410 e. The Hall–Kier alpha value is -2.77. The van der Waals surface area contributed by atoms with Crippen molar-refractivity contribution in [1.82, 2.24) is 4.90 Å². The second kappa shape index (κ2) is 12.2. The molecule has 1 amide bonds. The monoisotopic (exact) mass is 530 g/mol. The molecule has 2 aliphatic rings. The number of carbonyl (C=O) groups is 2. The van der Waals surface area contributed by atoms with Crippen molar-refractivity contribution < 1.29 is 23.8 Å². The standard InChI is InChI=1S/C29H38N2O5.ClH/c1-19(30)26(22-11-9-21(10-12-22)20-7-8-20)34-24-15-13-23(14-16-24)27(32)35-25-6-5-17-31(18-25)28(33)36-29(2,3)4;/h9-16,19-20,25-26H,5-8,17-18,30H2,1-4H3;1H/t19?,25-,26?;/m0./s1. The number of halogens is 1. The number of rotatable bonds is 7. The van der Waals surface area contributed by atoms with Crippen molar-refractivity contribution in [3.63, 3.8) is 0 Å². The van der Waals surface area contributed by atoms with Crippen molar-refractivity contribution in [3.8, 4) is 5.75 Å². The number of hydrogen-bond donors (Lipinski definition) is 1. The van der Waals surface area contributed by atoms with Crippen molar-refractivity contribution in [2.75, 3.05) is 13.1 Å². The van der Waals surface area contributed by atoms with Crippen LogP contribution in [0.5, 0.6) is 5.75 Å². The minimum atomic E-state index is -0.564. The molecule has 2 aromatic rings. The van der Waals surface area contributed by atoms with Gasteiger partial charge in [0.15, 0.2) is 0 Å². The van der Waals surface area contributed by atoms with Crippen LogP contribution in [0, 0.1) is 0 Å². The van der Waals surface area contributed by atoms with Crippen LogP contribution in [0.1, 0.15) is 86.9 Å². The lowest BCUT2D eigenvalue weighted by atomic mass is 10.0. The fourth-order valence-corrected chi connectivity index (χ4v) is 4.42. The molecule has 0 radical (unpaired) electrons. The highest BCUT2D eigenvalue weighted by Gasteiger charge is 2.30. The normalized spacial score (nSPS) is 19.3. The number of esters is 1. The lowest BCUT2D eigenvalue weighted by molar-refractivity contribution is -0.0115. The highest BCUT2D eigenvalue weighted by atomic mass is 35.5. The van der Waals surface area contributed by atoms with Gasteiger partial charge in [-0.15, -0.1) is 12.4 Å². The molecule has 1 aliphatic heterocycles. The molecule has 37 heavy (non-hydrogen) atoms. The van der Waals surface area contributed by atoms with Gasteiger partial charge in [-0.1, -0.05) is 24.3 Å². The van der Waals surface area contributed by atoms with E-state index in [4.69, 9.17) is 19.9 Å². The van der Waals surface area contributed by atoms with Gasteiger partial charge in [-0.25, -0.2) is 9.59 Å². The molecule has 2 unspecified atom stereocenters. The third-order valence-corrected chi connectivity index (χ3v) is 6.45. The van der Waals surface area contributed by atoms with Crippen LogP contribution in [0.4, 0.5) is 4.79 Å². The average Bonchev–Trinajstić information content (AvgIpc) is 3.68. The SMILES string of the molecule is CC(N)C(Oc1ccc(C(=O)O[C@H]2CCCN(C(=O)OC(C)(C)C)C2)cc1)c1ccc(C2CC2)cc1.Cl. The fraction of sp³-hybridized carbons (Fsp3) is 0.517. The first kappa shape index (κ1) is 28.8. The molecule has 2 aromatic carbocycles. The van der Waals surface area contributed by atoms with E-state index >= 15 is 0 Å². The van der Waals surface area contributed by atoms with Crippen LogP contribution in [0.3, 0.4) is 0 Å². The molecule has 202 valence electrons. The molecule has 1 heterocycles. The summed E-state index contributed by atoms with van der Waals surface area (Å²) in [6, 6.07) is 15.2. The Morgan fingerprint density at radius 2 is 1.65 bits per heavy atom. The lowest BCUT2D eigenvalue weighted by Gasteiger charge is -2.33. The minimum Gasteiger partial charge on any atom is -0.484 e. The Kier molecular flexibility index (Phi) is 9.48. The molecule has 1 aliphatic carbocycles. The zero-order valence-electron chi connectivity index (χ0n) is 22.1. The van der Waals surface area contributed by atoms with Crippen molar-refractivity contribution in [3.05, 3.63) is 65.2 Å². The molecular formula is C29H39ClN2O5. The minimum absolute atomic E-state index is 0. The van der Waals surface area contributed by atoms with Crippen molar-refractivity contribution in [2.24, 2.45) is 5.73 Å². The highest BCUT2D eigenvalue weighted by Crippen LogP contribution is 2.40. The second-order valence-electron chi connectivity index (χ2n) is 11.0. The van der Waals surface area contributed by atoms with E-state index in [2.05, 4.69) is 24.3 Å². The van der Waals surface area contributed by atoms with Crippen molar-refractivity contribution in [2.45, 2.75) is 83.1 Å². The van der Waals surface area contributed by atoms with Gasteiger partial charge in [-0.05, 0) is 94.7 Å². The summed E-state index contributed by atoms with van der Waals surface area (Å²) in [6.07, 6.45) is 2.96. The number of nitrogens with zero attached hydrogens (tertiary/aromatic N) is 1. The van der Waals surface area contributed by atoms with E-state index < -0.39 is 11.6 Å². The summed E-state index contributed by atoms with van der Waals surface area (Å²) < 4.78 is 17.4. The van der Waals surface area contributed by atoms with Crippen molar-refractivity contribution in [1.29, 1.82) is 0 Å². The summed E-state index contributed by atoms with van der Waals surface area (Å²) in [4.78, 5) is 26.7. The van der Waals surface area contributed by atoms with Gasteiger partial charge in [0.05, 0.1) is 12.1 Å². The Morgan fingerprint density at radius 1 is 1.00 bits per heavy atom. The Bertz CT molecular complexity index is 1050. The summed E-state index contributed by atoms with van der Waals surface area (Å²) in [5.74, 6) is 0.917. The highest BCUT2D eigenvalue weighted by molar-refractivity contribution is 5.89. The first-order valence-corrected chi connectivity index (χ1v) is 12.9. The molecule has 8 heteroatoms. The number of piperidine rings is 1. The van der Waals surface area contributed by atoms with E-state index in [1.165, 1.54) is 18.4 Å². The number of carbonyl (C=O) groups excluding carboxylic acids is 2. The summed E-state index contributed by atoms with van der Waals surface area (Å²) >= 11 is 0. The molecule has 2 fully saturated rings. The van der Waals surface area contributed by atoms with Gasteiger partial charge in [0.25, 0.3) is 0 Å². The van der Waals surface area contributed by atoms with E-state index in [0.717, 1.165) is 12.0 Å². The maximum absolute atomic E-state index is 12.8. The topological polar surface area (TPSA) is 91.1 Å². The number of amides is 1.